The summed E-state index contributed by atoms with van der Waals surface area (Å²) in [6, 6.07) is 12.5. The van der Waals surface area contributed by atoms with Crippen molar-refractivity contribution >= 4 is 23.4 Å². The van der Waals surface area contributed by atoms with E-state index in [1.807, 2.05) is 12.1 Å². The fourth-order valence-corrected chi connectivity index (χ4v) is 3.55. The molecule has 0 aliphatic heterocycles. The molecule has 28 heavy (non-hydrogen) atoms. The lowest BCUT2D eigenvalue weighted by Gasteiger charge is -2.34. The number of methoxy groups -OCH3 is 1. The maximum atomic E-state index is 12.1. The Labute approximate surface area is 168 Å². The van der Waals surface area contributed by atoms with Gasteiger partial charge in [-0.05, 0) is 60.2 Å². The van der Waals surface area contributed by atoms with Gasteiger partial charge in [-0.25, -0.2) is 0 Å². The van der Waals surface area contributed by atoms with Gasteiger partial charge in [0, 0.05) is 11.6 Å². The van der Waals surface area contributed by atoms with Crippen LogP contribution in [-0.2, 0) is 28.2 Å². The number of nitrogens with one attached hydrogen (secondary N) is 2. The highest BCUT2D eigenvalue weighted by Gasteiger charge is 2.35. The molecule has 7 heteroatoms. The van der Waals surface area contributed by atoms with E-state index in [9.17, 15) is 14.7 Å². The van der Waals surface area contributed by atoms with Crippen molar-refractivity contribution in [3.8, 4) is 5.75 Å². The van der Waals surface area contributed by atoms with Gasteiger partial charge in [0.15, 0.2) is 0 Å². The summed E-state index contributed by atoms with van der Waals surface area (Å²) < 4.78 is 5.24. The molecule has 1 unspecified atom stereocenters. The van der Waals surface area contributed by atoms with Crippen molar-refractivity contribution in [1.82, 2.24) is 10.6 Å². The van der Waals surface area contributed by atoms with E-state index < -0.39 is 17.4 Å². The maximum Gasteiger partial charge on any atom is 0.309 e. The molecular weight excluding hydrogens is 380 g/mol. The molecular formula is C21H23ClN2O4. The Morgan fingerprint density at radius 3 is 2.57 bits per heavy atom. The minimum Gasteiger partial charge on any atom is -0.497 e. The molecule has 0 bridgehead atoms. The Morgan fingerprint density at radius 2 is 1.86 bits per heavy atom. The molecule has 0 saturated heterocycles. The summed E-state index contributed by atoms with van der Waals surface area (Å²) in [4.78, 5) is 24.2. The third-order valence-electron chi connectivity index (χ3n) is 4.96. The van der Waals surface area contributed by atoms with Crippen LogP contribution in [0.1, 0.15) is 29.5 Å². The van der Waals surface area contributed by atoms with Crippen LogP contribution in [0.25, 0.3) is 0 Å². The van der Waals surface area contributed by atoms with Crippen molar-refractivity contribution in [2.24, 2.45) is 0 Å². The predicted octanol–water partition coefficient (Wildman–Crippen LogP) is 2.31. The van der Waals surface area contributed by atoms with Crippen molar-refractivity contribution in [2.75, 3.05) is 13.7 Å². The van der Waals surface area contributed by atoms with E-state index >= 15 is 0 Å². The van der Waals surface area contributed by atoms with E-state index in [1.54, 1.807) is 37.4 Å². The van der Waals surface area contributed by atoms with Gasteiger partial charge in [0.2, 0.25) is 0 Å². The Balaban J connectivity index is 1.58. The van der Waals surface area contributed by atoms with Gasteiger partial charge in [-0.2, -0.15) is 0 Å². The van der Waals surface area contributed by atoms with Crippen molar-refractivity contribution in [3.05, 3.63) is 64.2 Å². The van der Waals surface area contributed by atoms with Crippen molar-refractivity contribution in [3.63, 3.8) is 0 Å². The molecule has 2 aromatic carbocycles. The molecule has 0 fully saturated rings. The zero-order valence-electron chi connectivity index (χ0n) is 15.6. The predicted molar refractivity (Wildman–Crippen MR) is 106 cm³/mol. The maximum absolute atomic E-state index is 12.1. The van der Waals surface area contributed by atoms with Crippen LogP contribution in [0.15, 0.2) is 42.5 Å². The summed E-state index contributed by atoms with van der Waals surface area (Å²) in [5.41, 5.74) is 1.39. The number of benzene rings is 2. The summed E-state index contributed by atoms with van der Waals surface area (Å²) in [7, 11) is 1.60. The number of halogens is 1. The molecule has 0 heterocycles. The topological polar surface area (TPSA) is 87.7 Å². The zero-order chi connectivity index (χ0) is 20.1. The quantitative estimate of drug-likeness (QED) is 0.670. The highest BCUT2D eigenvalue weighted by molar-refractivity contribution is 6.35. The van der Waals surface area contributed by atoms with Gasteiger partial charge in [0.05, 0.1) is 13.7 Å². The van der Waals surface area contributed by atoms with Crippen molar-refractivity contribution in [1.29, 1.82) is 0 Å². The van der Waals surface area contributed by atoms with E-state index in [0.717, 1.165) is 35.3 Å². The average molecular weight is 403 g/mol. The lowest BCUT2D eigenvalue weighted by Crippen LogP contribution is -2.47. The number of carbonyl (C=O) groups is 2. The summed E-state index contributed by atoms with van der Waals surface area (Å²) in [6.45, 7) is 0.190. The van der Waals surface area contributed by atoms with Crippen molar-refractivity contribution in [2.45, 2.75) is 31.4 Å². The first-order chi connectivity index (χ1) is 13.4. The third-order valence-corrected chi connectivity index (χ3v) is 5.22. The number of aliphatic hydroxyl groups is 1. The van der Waals surface area contributed by atoms with Gasteiger partial charge in [-0.3, -0.25) is 9.59 Å². The standard InChI is InChI=1S/C21H23ClN2O4/c1-28-17-8-9-18-15(11-17)3-2-10-21(18,27)13-24-20(26)19(25)23-12-14-4-6-16(22)7-5-14/h4-9,11,27H,2-3,10,12-13H2,1H3,(H,23,25)(H,24,26). The number of hydrogen-bond donors (Lipinski definition) is 3. The first-order valence-corrected chi connectivity index (χ1v) is 9.49. The van der Waals surface area contributed by atoms with Crippen molar-refractivity contribution < 1.29 is 19.4 Å². The lowest BCUT2D eigenvalue weighted by molar-refractivity contribution is -0.140. The van der Waals surface area contributed by atoms with Gasteiger partial charge < -0.3 is 20.5 Å². The number of carbonyl (C=O) groups excluding carboxylic acids is 2. The Hall–Kier alpha value is -2.57. The van der Waals surface area contributed by atoms with E-state index in [4.69, 9.17) is 16.3 Å². The van der Waals surface area contributed by atoms with Gasteiger partial charge in [0.1, 0.15) is 11.4 Å². The van der Waals surface area contributed by atoms with Crippen LogP contribution in [0, 0.1) is 0 Å². The Kier molecular flexibility index (Phi) is 6.21. The molecule has 1 aliphatic rings. The third kappa shape index (κ3) is 4.64. The molecule has 0 radical (unpaired) electrons. The minimum absolute atomic E-state index is 0.0282. The van der Waals surface area contributed by atoms with Gasteiger partial charge in [-0.15, -0.1) is 0 Å². The van der Waals surface area contributed by atoms with E-state index in [1.165, 1.54) is 0 Å². The van der Waals surface area contributed by atoms with E-state index in [-0.39, 0.29) is 13.1 Å². The molecule has 0 saturated carbocycles. The molecule has 2 aromatic rings. The van der Waals surface area contributed by atoms with Gasteiger partial charge in [-0.1, -0.05) is 29.8 Å². The first-order valence-electron chi connectivity index (χ1n) is 9.11. The monoisotopic (exact) mass is 402 g/mol. The molecule has 148 valence electrons. The smallest absolute Gasteiger partial charge is 0.309 e. The van der Waals surface area contributed by atoms with Gasteiger partial charge in [0.25, 0.3) is 0 Å². The number of hydrogen-bond acceptors (Lipinski definition) is 4. The van der Waals surface area contributed by atoms with Crippen LogP contribution >= 0.6 is 11.6 Å². The SMILES string of the molecule is COc1ccc2c(c1)CCCC2(O)CNC(=O)C(=O)NCc1ccc(Cl)cc1. The molecule has 3 rings (SSSR count). The Morgan fingerprint density at radius 1 is 1.14 bits per heavy atom. The molecule has 0 spiro atoms. The molecule has 1 aliphatic carbocycles. The molecule has 0 aromatic heterocycles. The average Bonchev–Trinajstić information content (AvgIpc) is 2.71. The zero-order valence-corrected chi connectivity index (χ0v) is 16.4. The number of amides is 2. The van der Waals surface area contributed by atoms with E-state index in [2.05, 4.69) is 10.6 Å². The number of aryl methyl sites for hydroxylation is 1. The molecule has 2 amide bonds. The second-order valence-electron chi connectivity index (χ2n) is 6.90. The molecule has 6 nitrogen and oxygen atoms in total. The number of rotatable bonds is 5. The second kappa shape index (κ2) is 8.63. The highest BCUT2D eigenvalue weighted by atomic mass is 35.5. The molecule has 3 N–H and O–H groups in total. The molecule has 1 atom stereocenters. The summed E-state index contributed by atoms with van der Waals surface area (Å²) in [5.74, 6) is -0.791. The van der Waals surface area contributed by atoms with Crippen LogP contribution in [0.3, 0.4) is 0 Å². The van der Waals surface area contributed by atoms with Crippen LogP contribution in [0.5, 0.6) is 5.75 Å². The van der Waals surface area contributed by atoms with Crippen LogP contribution < -0.4 is 15.4 Å². The Bertz CT molecular complexity index is 869. The minimum atomic E-state index is -1.20. The normalized spacial score (nSPS) is 18.1. The summed E-state index contributed by atoms with van der Waals surface area (Å²) >= 11 is 5.82. The number of ether oxygens (including phenoxy) is 1. The fourth-order valence-electron chi connectivity index (χ4n) is 3.42. The second-order valence-corrected chi connectivity index (χ2v) is 7.34. The van der Waals surface area contributed by atoms with Crippen LogP contribution in [-0.4, -0.2) is 30.6 Å². The van der Waals surface area contributed by atoms with Crippen LogP contribution in [0.2, 0.25) is 5.02 Å². The largest absolute Gasteiger partial charge is 0.497 e. The fraction of sp³-hybridized carbons (Fsp3) is 0.333. The summed E-state index contributed by atoms with van der Waals surface area (Å²) in [6.07, 6.45) is 2.14. The summed E-state index contributed by atoms with van der Waals surface area (Å²) in [5, 5.41) is 16.8. The first kappa shape index (κ1) is 20.2. The lowest BCUT2D eigenvalue weighted by atomic mass is 9.79. The highest BCUT2D eigenvalue weighted by Crippen LogP contribution is 2.36. The van der Waals surface area contributed by atoms with E-state index in [0.29, 0.717) is 11.4 Å². The van der Waals surface area contributed by atoms with Gasteiger partial charge >= 0.3 is 11.8 Å². The number of fused-ring (bicyclic) bond motifs is 1. The van der Waals surface area contributed by atoms with Crippen LogP contribution in [0.4, 0.5) is 0 Å².